The molecule has 0 heterocycles. The number of rotatable bonds is 2. The predicted octanol–water partition coefficient (Wildman–Crippen LogP) is 7.72. The van der Waals surface area contributed by atoms with Crippen LogP contribution in [0.3, 0.4) is 0 Å². The highest BCUT2D eigenvalue weighted by molar-refractivity contribution is 6.41. The molecule has 23 heavy (non-hydrogen) atoms. The Hall–Kier alpha value is -0.440. The van der Waals surface area contributed by atoms with Crippen LogP contribution in [-0.4, -0.2) is 5.71 Å². The molecule has 1 aromatic carbocycles. The van der Waals surface area contributed by atoms with Crippen molar-refractivity contribution in [2.45, 2.75) is 70.6 Å². The molecule has 0 aromatic heterocycles. The van der Waals surface area contributed by atoms with Crippen molar-refractivity contribution in [2.24, 2.45) is 5.10 Å². The molecule has 1 aliphatic carbocycles. The molecular formula is C18H25Cl3N2. The van der Waals surface area contributed by atoms with Gasteiger partial charge in [0.1, 0.15) is 0 Å². The van der Waals surface area contributed by atoms with Crippen molar-refractivity contribution in [1.82, 2.24) is 0 Å². The Labute approximate surface area is 154 Å². The van der Waals surface area contributed by atoms with E-state index in [1.807, 2.05) is 0 Å². The Morgan fingerprint density at radius 2 is 1.13 bits per heavy atom. The molecule has 0 spiro atoms. The monoisotopic (exact) mass is 374 g/mol. The summed E-state index contributed by atoms with van der Waals surface area (Å²) in [5.74, 6) is 0. The highest BCUT2D eigenvalue weighted by Gasteiger charge is 2.08. The second-order valence-corrected chi connectivity index (χ2v) is 7.47. The van der Waals surface area contributed by atoms with E-state index in [4.69, 9.17) is 34.8 Å². The minimum Gasteiger partial charge on any atom is -0.276 e. The summed E-state index contributed by atoms with van der Waals surface area (Å²) in [6, 6.07) is 3.36. The van der Waals surface area contributed by atoms with Crippen LogP contribution in [0, 0.1) is 0 Å². The molecular weight excluding hydrogens is 351 g/mol. The van der Waals surface area contributed by atoms with Crippen molar-refractivity contribution in [3.63, 3.8) is 0 Å². The highest BCUT2D eigenvalue weighted by atomic mass is 35.5. The summed E-state index contributed by atoms with van der Waals surface area (Å²) in [6.07, 6.45) is 13.9. The number of nitrogens with zero attached hydrogens (tertiary/aromatic N) is 1. The van der Waals surface area contributed by atoms with E-state index in [2.05, 4.69) is 10.5 Å². The summed E-state index contributed by atoms with van der Waals surface area (Å²) >= 11 is 18.3. The van der Waals surface area contributed by atoms with Gasteiger partial charge in [-0.05, 0) is 37.8 Å². The minimum absolute atomic E-state index is 0.500. The van der Waals surface area contributed by atoms with Gasteiger partial charge in [0.2, 0.25) is 0 Å². The molecule has 1 fully saturated rings. The zero-order valence-corrected chi connectivity index (χ0v) is 15.8. The first-order chi connectivity index (χ1) is 11.2. The highest BCUT2D eigenvalue weighted by Crippen LogP contribution is 2.33. The van der Waals surface area contributed by atoms with Crippen molar-refractivity contribution in [3.05, 3.63) is 27.2 Å². The molecule has 1 N–H and O–H groups in total. The Morgan fingerprint density at radius 3 is 1.61 bits per heavy atom. The van der Waals surface area contributed by atoms with Crippen LogP contribution in [0.5, 0.6) is 0 Å². The average Bonchev–Trinajstić information content (AvgIpc) is 2.48. The number of nitrogens with one attached hydrogen (secondary N) is 1. The van der Waals surface area contributed by atoms with Gasteiger partial charge in [-0.15, -0.1) is 0 Å². The SMILES string of the molecule is Clc1cc(Cl)c(NN=C2CCCCCCCCCCC2)c(Cl)c1. The third kappa shape index (κ3) is 6.91. The van der Waals surface area contributed by atoms with E-state index in [9.17, 15) is 0 Å². The fourth-order valence-electron chi connectivity index (χ4n) is 2.92. The van der Waals surface area contributed by atoms with E-state index < -0.39 is 0 Å². The second-order valence-electron chi connectivity index (χ2n) is 6.22. The maximum atomic E-state index is 6.20. The molecule has 0 bridgehead atoms. The average molecular weight is 376 g/mol. The first-order valence-corrected chi connectivity index (χ1v) is 9.76. The van der Waals surface area contributed by atoms with Crippen molar-refractivity contribution in [3.8, 4) is 0 Å². The summed E-state index contributed by atoms with van der Waals surface area (Å²) in [5.41, 5.74) is 4.91. The van der Waals surface area contributed by atoms with Crippen LogP contribution in [0.25, 0.3) is 0 Å². The van der Waals surface area contributed by atoms with Crippen LogP contribution >= 0.6 is 34.8 Å². The van der Waals surface area contributed by atoms with Gasteiger partial charge < -0.3 is 0 Å². The lowest BCUT2D eigenvalue weighted by molar-refractivity contribution is 0.555. The Morgan fingerprint density at radius 1 is 0.696 bits per heavy atom. The first kappa shape index (κ1) is 18.9. The maximum absolute atomic E-state index is 6.20. The number of hydrogen-bond donors (Lipinski definition) is 1. The molecule has 1 aromatic rings. The van der Waals surface area contributed by atoms with E-state index >= 15 is 0 Å². The topological polar surface area (TPSA) is 24.4 Å². The third-order valence-corrected chi connectivity index (χ3v) is 5.08. The van der Waals surface area contributed by atoms with Crippen molar-refractivity contribution < 1.29 is 0 Å². The molecule has 1 saturated carbocycles. The van der Waals surface area contributed by atoms with Crippen LogP contribution in [0.4, 0.5) is 5.69 Å². The van der Waals surface area contributed by atoms with Gasteiger partial charge in [0, 0.05) is 10.7 Å². The number of hydrogen-bond acceptors (Lipinski definition) is 2. The molecule has 0 atom stereocenters. The summed E-state index contributed by atoms with van der Waals surface area (Å²) in [7, 11) is 0. The van der Waals surface area contributed by atoms with E-state index in [0.717, 1.165) is 12.8 Å². The van der Waals surface area contributed by atoms with Gasteiger partial charge in [-0.2, -0.15) is 5.10 Å². The minimum atomic E-state index is 0.500. The molecule has 2 rings (SSSR count). The summed E-state index contributed by atoms with van der Waals surface area (Å²) < 4.78 is 0. The van der Waals surface area contributed by atoms with E-state index in [0.29, 0.717) is 20.8 Å². The Bertz CT molecular complexity index is 492. The molecule has 0 radical (unpaired) electrons. The Balaban J connectivity index is 1.99. The summed E-state index contributed by atoms with van der Waals surface area (Å²) in [4.78, 5) is 0. The van der Waals surface area contributed by atoms with Gasteiger partial charge in [0.25, 0.3) is 0 Å². The zero-order valence-electron chi connectivity index (χ0n) is 13.5. The van der Waals surface area contributed by atoms with Gasteiger partial charge in [-0.1, -0.05) is 79.7 Å². The first-order valence-electron chi connectivity index (χ1n) is 8.63. The van der Waals surface area contributed by atoms with Crippen LogP contribution in [0.15, 0.2) is 17.2 Å². The van der Waals surface area contributed by atoms with Gasteiger partial charge in [0.05, 0.1) is 15.7 Å². The number of anilines is 1. The smallest absolute Gasteiger partial charge is 0.0935 e. The predicted molar refractivity (Wildman–Crippen MR) is 103 cm³/mol. The number of hydrazone groups is 1. The molecule has 2 nitrogen and oxygen atoms in total. The van der Waals surface area contributed by atoms with Gasteiger partial charge in [-0.25, -0.2) is 0 Å². The molecule has 0 saturated heterocycles. The lowest BCUT2D eigenvalue weighted by Crippen LogP contribution is -2.04. The molecule has 5 heteroatoms. The van der Waals surface area contributed by atoms with Crippen molar-refractivity contribution >= 4 is 46.2 Å². The molecule has 1 aliphatic rings. The van der Waals surface area contributed by atoms with Gasteiger partial charge in [-0.3, -0.25) is 5.43 Å². The van der Waals surface area contributed by atoms with Crippen molar-refractivity contribution in [2.75, 3.05) is 5.43 Å². The number of halogens is 3. The quantitative estimate of drug-likeness (QED) is 0.525. The number of benzene rings is 1. The lowest BCUT2D eigenvalue weighted by atomic mass is 10.00. The second kappa shape index (κ2) is 10.4. The zero-order chi connectivity index (χ0) is 16.5. The standard InChI is InChI=1S/C18H25Cl3N2/c19-14-12-16(20)18(17(21)13-14)23-22-15-10-8-6-4-2-1-3-5-7-9-11-15/h12-13,23H,1-11H2. The van der Waals surface area contributed by atoms with Crippen LogP contribution in [0.2, 0.25) is 15.1 Å². The lowest BCUT2D eigenvalue weighted by Gasteiger charge is -2.11. The van der Waals surface area contributed by atoms with E-state index in [1.165, 1.54) is 63.5 Å². The van der Waals surface area contributed by atoms with Crippen molar-refractivity contribution in [1.29, 1.82) is 0 Å². The molecule has 0 amide bonds. The van der Waals surface area contributed by atoms with Crippen LogP contribution in [-0.2, 0) is 0 Å². The normalized spacial score (nSPS) is 18.0. The van der Waals surface area contributed by atoms with Crippen LogP contribution in [0.1, 0.15) is 70.6 Å². The Kier molecular flexibility index (Phi) is 8.57. The van der Waals surface area contributed by atoms with E-state index in [1.54, 1.807) is 12.1 Å². The third-order valence-electron chi connectivity index (χ3n) is 4.26. The van der Waals surface area contributed by atoms with E-state index in [-0.39, 0.29) is 0 Å². The van der Waals surface area contributed by atoms with Gasteiger partial charge in [0.15, 0.2) is 0 Å². The van der Waals surface area contributed by atoms with Crippen LogP contribution < -0.4 is 5.43 Å². The molecule has 128 valence electrons. The molecule has 0 aliphatic heterocycles. The van der Waals surface area contributed by atoms with Gasteiger partial charge >= 0.3 is 0 Å². The molecule has 0 unspecified atom stereocenters. The summed E-state index contributed by atoms with van der Waals surface area (Å²) in [6.45, 7) is 0. The fourth-order valence-corrected chi connectivity index (χ4v) is 3.82. The maximum Gasteiger partial charge on any atom is 0.0935 e. The fraction of sp³-hybridized carbons (Fsp3) is 0.611. The summed E-state index contributed by atoms with van der Waals surface area (Å²) in [5, 5.41) is 6.12. The largest absolute Gasteiger partial charge is 0.276 e.